The minimum absolute atomic E-state index is 0.531. The van der Waals surface area contributed by atoms with Crippen LogP contribution in [0, 0.1) is 0 Å². The van der Waals surface area contributed by atoms with Gasteiger partial charge in [-0.05, 0) is 20.3 Å². The van der Waals surface area contributed by atoms with Crippen LogP contribution < -0.4 is 0 Å². The first-order valence-electron chi connectivity index (χ1n) is 4.65. The predicted octanol–water partition coefficient (Wildman–Crippen LogP) is 2.49. The van der Waals surface area contributed by atoms with E-state index >= 15 is 0 Å². The predicted molar refractivity (Wildman–Crippen MR) is 54.7 cm³/mol. The minimum atomic E-state index is 0.531. The fourth-order valence-electron chi connectivity index (χ4n) is 1.02. The van der Waals surface area contributed by atoms with Crippen molar-refractivity contribution in [3.05, 3.63) is 12.3 Å². The quantitative estimate of drug-likeness (QED) is 0.585. The monoisotopic (exact) mass is 170 g/mol. The van der Waals surface area contributed by atoms with E-state index in [1.54, 1.807) is 0 Å². The Kier molecular flexibility index (Phi) is 4.98. The van der Waals surface area contributed by atoms with Gasteiger partial charge in [0.25, 0.3) is 0 Å². The Hall–Kier alpha value is -0.500. The third-order valence-electron chi connectivity index (χ3n) is 2.22. The van der Waals surface area contributed by atoms with Crippen LogP contribution in [0.4, 0.5) is 0 Å². The van der Waals surface area contributed by atoms with Crippen molar-refractivity contribution >= 4 is 0 Å². The molecule has 0 spiro atoms. The summed E-state index contributed by atoms with van der Waals surface area (Å²) < 4.78 is 0. The normalized spacial score (nSPS) is 10.9. The fraction of sp³-hybridized carbons (Fsp3) is 0.800. The van der Waals surface area contributed by atoms with Gasteiger partial charge >= 0.3 is 0 Å². The first kappa shape index (κ1) is 11.5. The van der Waals surface area contributed by atoms with E-state index in [2.05, 4.69) is 51.5 Å². The second kappa shape index (κ2) is 5.20. The third-order valence-corrected chi connectivity index (χ3v) is 2.22. The highest BCUT2D eigenvalue weighted by Gasteiger charge is 2.09. The summed E-state index contributed by atoms with van der Waals surface area (Å²) in [6.07, 6.45) is 2.24. The summed E-state index contributed by atoms with van der Waals surface area (Å²) in [7, 11) is 4.16. The van der Waals surface area contributed by atoms with Crippen LogP contribution in [0.1, 0.15) is 33.6 Å². The first-order valence-corrected chi connectivity index (χ1v) is 4.65. The van der Waals surface area contributed by atoms with Gasteiger partial charge in [0, 0.05) is 25.8 Å². The van der Waals surface area contributed by atoms with Gasteiger partial charge in [0.15, 0.2) is 0 Å². The second-order valence-electron chi connectivity index (χ2n) is 3.51. The van der Waals surface area contributed by atoms with Crippen LogP contribution >= 0.6 is 0 Å². The highest BCUT2D eigenvalue weighted by Crippen LogP contribution is 2.10. The lowest BCUT2D eigenvalue weighted by Gasteiger charge is -2.34. The molecule has 0 amide bonds. The molecular formula is C10H22N2. The number of hydrogen-bond donors (Lipinski definition) is 0. The molecule has 0 aromatic heterocycles. The molecule has 0 aliphatic carbocycles. The molecule has 72 valence electrons. The molecule has 2 heteroatoms. The molecule has 0 radical (unpaired) electrons. The zero-order valence-electron chi connectivity index (χ0n) is 9.09. The Balaban J connectivity index is 4.00. The Morgan fingerprint density at radius 1 is 1.33 bits per heavy atom. The summed E-state index contributed by atoms with van der Waals surface area (Å²) >= 11 is 0. The van der Waals surface area contributed by atoms with E-state index in [-0.39, 0.29) is 0 Å². The molecule has 0 aromatic rings. The topological polar surface area (TPSA) is 6.48 Å². The van der Waals surface area contributed by atoms with E-state index in [1.807, 2.05) is 0 Å². The van der Waals surface area contributed by atoms with Crippen LogP contribution in [0.15, 0.2) is 12.3 Å². The van der Waals surface area contributed by atoms with Crippen molar-refractivity contribution < 1.29 is 0 Å². The lowest BCUT2D eigenvalue weighted by atomic mass is 10.3. The number of allylic oxidation sites excluding steroid dienone is 1. The molecule has 0 fully saturated rings. The summed E-state index contributed by atoms with van der Waals surface area (Å²) in [6, 6.07) is 0.531. The Morgan fingerprint density at radius 3 is 2.17 bits per heavy atom. The summed E-state index contributed by atoms with van der Waals surface area (Å²) in [6.45, 7) is 10.6. The van der Waals surface area contributed by atoms with Gasteiger partial charge in [0.2, 0.25) is 0 Å². The highest BCUT2D eigenvalue weighted by atomic mass is 15.6. The van der Waals surface area contributed by atoms with Crippen LogP contribution in [-0.2, 0) is 0 Å². The van der Waals surface area contributed by atoms with Gasteiger partial charge in [-0.25, -0.2) is 5.01 Å². The second-order valence-corrected chi connectivity index (χ2v) is 3.51. The molecule has 0 saturated heterocycles. The largest absolute Gasteiger partial charge is 0.314 e. The van der Waals surface area contributed by atoms with Crippen LogP contribution in [0.3, 0.4) is 0 Å². The SMILES string of the molecule is C=C(CCC)N(C)N(C)C(C)C. The molecule has 0 aliphatic rings. The number of nitrogens with zero attached hydrogens (tertiary/aromatic N) is 2. The van der Waals surface area contributed by atoms with Crippen LogP contribution in [0.2, 0.25) is 0 Å². The van der Waals surface area contributed by atoms with E-state index in [9.17, 15) is 0 Å². The van der Waals surface area contributed by atoms with Crippen molar-refractivity contribution in [3.63, 3.8) is 0 Å². The minimum Gasteiger partial charge on any atom is -0.314 e. The molecular weight excluding hydrogens is 148 g/mol. The van der Waals surface area contributed by atoms with Crippen molar-refractivity contribution in [1.29, 1.82) is 0 Å². The summed E-state index contributed by atoms with van der Waals surface area (Å²) in [5, 5.41) is 4.33. The zero-order valence-corrected chi connectivity index (χ0v) is 9.09. The van der Waals surface area contributed by atoms with Gasteiger partial charge < -0.3 is 5.01 Å². The van der Waals surface area contributed by atoms with Crippen molar-refractivity contribution in [2.24, 2.45) is 0 Å². The lowest BCUT2D eigenvalue weighted by molar-refractivity contribution is 0.0293. The number of hydrazine groups is 1. The molecule has 12 heavy (non-hydrogen) atoms. The molecule has 0 aromatic carbocycles. The Bertz CT molecular complexity index is 141. The molecule has 0 saturated carbocycles. The molecule has 0 aliphatic heterocycles. The maximum atomic E-state index is 4.03. The standard InChI is InChI=1S/C10H22N2/c1-7-8-10(4)12(6)11(5)9(2)3/h9H,4,7-8H2,1-3,5-6H3. The van der Waals surface area contributed by atoms with Gasteiger partial charge in [-0.2, -0.15) is 0 Å². The fourth-order valence-corrected chi connectivity index (χ4v) is 1.02. The first-order chi connectivity index (χ1) is 5.50. The van der Waals surface area contributed by atoms with E-state index in [1.165, 1.54) is 5.70 Å². The molecule has 2 nitrogen and oxygen atoms in total. The summed E-state index contributed by atoms with van der Waals surface area (Å²) in [5.41, 5.74) is 1.19. The van der Waals surface area contributed by atoms with Crippen LogP contribution in [0.5, 0.6) is 0 Å². The highest BCUT2D eigenvalue weighted by molar-refractivity contribution is 4.90. The van der Waals surface area contributed by atoms with E-state index in [4.69, 9.17) is 0 Å². The van der Waals surface area contributed by atoms with Gasteiger partial charge in [-0.3, -0.25) is 0 Å². The molecule has 0 unspecified atom stereocenters. The van der Waals surface area contributed by atoms with Crippen molar-refractivity contribution in [2.45, 2.75) is 39.7 Å². The Labute approximate surface area is 76.8 Å². The van der Waals surface area contributed by atoms with Crippen molar-refractivity contribution in [1.82, 2.24) is 10.0 Å². The molecule has 0 atom stereocenters. The van der Waals surface area contributed by atoms with Gasteiger partial charge in [-0.15, -0.1) is 0 Å². The smallest absolute Gasteiger partial charge is 0.0233 e. The van der Waals surface area contributed by atoms with Gasteiger partial charge in [0.1, 0.15) is 0 Å². The molecule has 0 heterocycles. The van der Waals surface area contributed by atoms with Crippen molar-refractivity contribution in [3.8, 4) is 0 Å². The van der Waals surface area contributed by atoms with Crippen LogP contribution in [-0.4, -0.2) is 30.2 Å². The average Bonchev–Trinajstić information content (AvgIpc) is 2.02. The summed E-state index contributed by atoms with van der Waals surface area (Å²) in [5.74, 6) is 0. The van der Waals surface area contributed by atoms with Crippen LogP contribution in [0.25, 0.3) is 0 Å². The summed E-state index contributed by atoms with van der Waals surface area (Å²) in [4.78, 5) is 0. The number of hydrogen-bond acceptors (Lipinski definition) is 2. The van der Waals surface area contributed by atoms with Gasteiger partial charge in [0.05, 0.1) is 0 Å². The van der Waals surface area contributed by atoms with Crippen molar-refractivity contribution in [2.75, 3.05) is 14.1 Å². The van der Waals surface area contributed by atoms with Gasteiger partial charge in [-0.1, -0.05) is 19.9 Å². The third kappa shape index (κ3) is 3.26. The number of rotatable bonds is 5. The molecule has 0 N–H and O–H groups in total. The Morgan fingerprint density at radius 2 is 1.83 bits per heavy atom. The van der Waals surface area contributed by atoms with E-state index in [0.29, 0.717) is 6.04 Å². The molecule has 0 bridgehead atoms. The van der Waals surface area contributed by atoms with E-state index < -0.39 is 0 Å². The average molecular weight is 170 g/mol. The maximum absolute atomic E-state index is 4.03. The molecule has 0 rings (SSSR count). The maximum Gasteiger partial charge on any atom is 0.0233 e. The lowest BCUT2D eigenvalue weighted by Crippen LogP contribution is -2.40. The van der Waals surface area contributed by atoms with E-state index in [0.717, 1.165) is 12.8 Å². The zero-order chi connectivity index (χ0) is 9.72.